The van der Waals surface area contributed by atoms with E-state index in [0.29, 0.717) is 6.61 Å². The van der Waals surface area contributed by atoms with E-state index >= 15 is 0 Å². The Kier molecular flexibility index (Phi) is 7.68. The third kappa shape index (κ3) is 8.59. The van der Waals surface area contributed by atoms with Crippen molar-refractivity contribution in [3.8, 4) is 0 Å². The van der Waals surface area contributed by atoms with Crippen LogP contribution >= 0.6 is 0 Å². The van der Waals surface area contributed by atoms with Crippen molar-refractivity contribution >= 4 is 11.9 Å². The van der Waals surface area contributed by atoms with Gasteiger partial charge in [0.25, 0.3) is 0 Å². The van der Waals surface area contributed by atoms with Gasteiger partial charge < -0.3 is 14.8 Å². The summed E-state index contributed by atoms with van der Waals surface area (Å²) in [5.41, 5.74) is -0.562. The molecule has 0 aromatic carbocycles. The first-order valence-corrected chi connectivity index (χ1v) is 6.77. The zero-order valence-electron chi connectivity index (χ0n) is 12.9. The summed E-state index contributed by atoms with van der Waals surface area (Å²) >= 11 is 0. The van der Waals surface area contributed by atoms with Crippen LogP contribution in [-0.4, -0.2) is 36.7 Å². The maximum Gasteiger partial charge on any atom is 0.329 e. The van der Waals surface area contributed by atoms with E-state index in [1.54, 1.807) is 20.8 Å². The zero-order valence-corrected chi connectivity index (χ0v) is 12.9. The molecule has 0 aliphatic rings. The Bertz CT molecular complexity index is 294. The molecular weight excluding hydrogens is 246 g/mol. The standard InChI is InChI=1S/C14H27NO4/c1-7-8-18-9-11(16)15-12(10(2)3)13(17)19-14(4,5)6/h10,12H,7-9H2,1-6H3,(H,15,16)/t12-/m1/s1. The van der Waals surface area contributed by atoms with E-state index in [1.165, 1.54) is 0 Å². The quantitative estimate of drug-likeness (QED) is 0.568. The van der Waals surface area contributed by atoms with Crippen LogP contribution < -0.4 is 5.32 Å². The number of rotatable bonds is 7. The lowest BCUT2D eigenvalue weighted by molar-refractivity contribution is -0.160. The van der Waals surface area contributed by atoms with Crippen molar-refractivity contribution in [3.63, 3.8) is 0 Å². The van der Waals surface area contributed by atoms with Crippen molar-refractivity contribution in [2.24, 2.45) is 5.92 Å². The SMILES string of the molecule is CCCOCC(=O)N[C@@H](C(=O)OC(C)(C)C)C(C)C. The maximum atomic E-state index is 12.0. The second-order valence-corrected chi connectivity index (χ2v) is 5.88. The van der Waals surface area contributed by atoms with Crippen LogP contribution in [-0.2, 0) is 19.1 Å². The molecule has 0 saturated carbocycles. The van der Waals surface area contributed by atoms with Gasteiger partial charge in [0.15, 0.2) is 0 Å². The number of carbonyl (C=O) groups excluding carboxylic acids is 2. The Morgan fingerprint density at radius 1 is 1.21 bits per heavy atom. The molecule has 0 unspecified atom stereocenters. The fourth-order valence-electron chi connectivity index (χ4n) is 1.39. The number of ether oxygens (including phenoxy) is 2. The maximum absolute atomic E-state index is 12.0. The van der Waals surface area contributed by atoms with Crippen molar-refractivity contribution in [2.45, 2.75) is 59.6 Å². The molecule has 5 nitrogen and oxygen atoms in total. The smallest absolute Gasteiger partial charge is 0.329 e. The van der Waals surface area contributed by atoms with E-state index in [0.717, 1.165) is 6.42 Å². The summed E-state index contributed by atoms with van der Waals surface area (Å²) in [6, 6.07) is -0.642. The average molecular weight is 273 g/mol. The van der Waals surface area contributed by atoms with E-state index in [1.807, 2.05) is 20.8 Å². The minimum Gasteiger partial charge on any atom is -0.458 e. The molecule has 0 rings (SSSR count). The van der Waals surface area contributed by atoms with Crippen LogP contribution in [0.1, 0.15) is 48.0 Å². The van der Waals surface area contributed by atoms with Crippen LogP contribution in [0.4, 0.5) is 0 Å². The lowest BCUT2D eigenvalue weighted by Crippen LogP contribution is -2.48. The van der Waals surface area contributed by atoms with Crippen LogP contribution in [0.3, 0.4) is 0 Å². The molecule has 5 heteroatoms. The lowest BCUT2D eigenvalue weighted by atomic mass is 10.0. The molecule has 0 heterocycles. The number of esters is 1. The molecule has 1 amide bonds. The summed E-state index contributed by atoms with van der Waals surface area (Å²) in [6.07, 6.45) is 0.854. The molecule has 0 spiro atoms. The molecule has 0 saturated heterocycles. The average Bonchev–Trinajstić information content (AvgIpc) is 2.23. The van der Waals surface area contributed by atoms with Crippen LogP contribution in [0, 0.1) is 5.92 Å². The second-order valence-electron chi connectivity index (χ2n) is 5.88. The third-order valence-corrected chi connectivity index (χ3v) is 2.23. The monoisotopic (exact) mass is 273 g/mol. The van der Waals surface area contributed by atoms with Crippen molar-refractivity contribution in [2.75, 3.05) is 13.2 Å². The fraction of sp³-hybridized carbons (Fsp3) is 0.857. The summed E-state index contributed by atoms with van der Waals surface area (Å²) in [4.78, 5) is 23.6. The Hall–Kier alpha value is -1.10. The normalized spacial score (nSPS) is 13.2. The van der Waals surface area contributed by atoms with Gasteiger partial charge in [0.1, 0.15) is 18.2 Å². The highest BCUT2D eigenvalue weighted by molar-refractivity contribution is 5.85. The molecule has 0 aromatic heterocycles. The third-order valence-electron chi connectivity index (χ3n) is 2.23. The molecule has 0 aliphatic carbocycles. The number of hydrogen-bond acceptors (Lipinski definition) is 4. The number of carbonyl (C=O) groups is 2. The van der Waals surface area contributed by atoms with Gasteiger partial charge in [-0.2, -0.15) is 0 Å². The van der Waals surface area contributed by atoms with Crippen LogP contribution in [0.15, 0.2) is 0 Å². The first-order valence-electron chi connectivity index (χ1n) is 6.77. The van der Waals surface area contributed by atoms with E-state index in [9.17, 15) is 9.59 Å². The van der Waals surface area contributed by atoms with Gasteiger partial charge >= 0.3 is 5.97 Å². The number of nitrogens with one attached hydrogen (secondary N) is 1. The number of amides is 1. The highest BCUT2D eigenvalue weighted by atomic mass is 16.6. The molecule has 1 N–H and O–H groups in total. The molecule has 0 radical (unpaired) electrons. The van der Waals surface area contributed by atoms with Gasteiger partial charge in [-0.3, -0.25) is 4.79 Å². The van der Waals surface area contributed by atoms with Crippen molar-refractivity contribution in [1.29, 1.82) is 0 Å². The van der Waals surface area contributed by atoms with Gasteiger partial charge in [-0.15, -0.1) is 0 Å². The molecule has 0 aromatic rings. The van der Waals surface area contributed by atoms with Crippen molar-refractivity contribution < 1.29 is 19.1 Å². The highest BCUT2D eigenvalue weighted by Gasteiger charge is 2.28. The highest BCUT2D eigenvalue weighted by Crippen LogP contribution is 2.12. The van der Waals surface area contributed by atoms with Crippen LogP contribution in [0.25, 0.3) is 0 Å². The summed E-state index contributed by atoms with van der Waals surface area (Å²) in [5.74, 6) is -0.741. The number of hydrogen-bond donors (Lipinski definition) is 1. The summed E-state index contributed by atoms with van der Waals surface area (Å²) < 4.78 is 10.4. The Morgan fingerprint density at radius 3 is 2.21 bits per heavy atom. The van der Waals surface area contributed by atoms with Gasteiger partial charge in [-0.1, -0.05) is 20.8 Å². The zero-order chi connectivity index (χ0) is 15.1. The fourth-order valence-corrected chi connectivity index (χ4v) is 1.39. The lowest BCUT2D eigenvalue weighted by Gasteiger charge is -2.26. The van der Waals surface area contributed by atoms with Crippen LogP contribution in [0.2, 0.25) is 0 Å². The minimum absolute atomic E-state index is 0.0279. The van der Waals surface area contributed by atoms with E-state index < -0.39 is 17.6 Å². The van der Waals surface area contributed by atoms with Gasteiger partial charge in [-0.05, 0) is 33.1 Å². The van der Waals surface area contributed by atoms with E-state index in [4.69, 9.17) is 9.47 Å². The predicted octanol–water partition coefficient (Wildman–Crippen LogP) is 1.90. The van der Waals surface area contributed by atoms with Crippen molar-refractivity contribution in [1.82, 2.24) is 5.32 Å². The topological polar surface area (TPSA) is 64.6 Å². The van der Waals surface area contributed by atoms with Crippen LogP contribution in [0.5, 0.6) is 0 Å². The largest absolute Gasteiger partial charge is 0.458 e. The summed E-state index contributed by atoms with van der Waals surface area (Å²) in [5, 5.41) is 2.66. The second kappa shape index (κ2) is 8.15. The molecule has 0 fully saturated rings. The van der Waals surface area contributed by atoms with Crippen molar-refractivity contribution in [3.05, 3.63) is 0 Å². The van der Waals surface area contributed by atoms with Gasteiger partial charge in [0.05, 0.1) is 0 Å². The predicted molar refractivity (Wildman–Crippen MR) is 73.7 cm³/mol. The van der Waals surface area contributed by atoms with Gasteiger partial charge in [0, 0.05) is 6.61 Å². The molecular formula is C14H27NO4. The molecule has 19 heavy (non-hydrogen) atoms. The summed E-state index contributed by atoms with van der Waals surface area (Å²) in [6.45, 7) is 11.6. The Morgan fingerprint density at radius 2 is 1.79 bits per heavy atom. The molecule has 1 atom stereocenters. The molecule has 0 aliphatic heterocycles. The Labute approximate surface area is 116 Å². The van der Waals surface area contributed by atoms with Gasteiger partial charge in [-0.25, -0.2) is 4.79 Å². The first kappa shape index (κ1) is 17.9. The first-order chi connectivity index (χ1) is 8.67. The minimum atomic E-state index is -0.642. The van der Waals surface area contributed by atoms with Gasteiger partial charge in [0.2, 0.25) is 5.91 Å². The molecule has 0 bridgehead atoms. The Balaban J connectivity index is 4.41. The summed E-state index contributed by atoms with van der Waals surface area (Å²) in [7, 11) is 0. The van der Waals surface area contributed by atoms with E-state index in [-0.39, 0.29) is 18.4 Å². The van der Waals surface area contributed by atoms with E-state index in [2.05, 4.69) is 5.32 Å². The molecule has 112 valence electrons.